The normalized spacial score (nSPS) is 20.1. The molecule has 0 bridgehead atoms. The van der Waals surface area contributed by atoms with Crippen molar-refractivity contribution in [2.24, 2.45) is 0 Å². The highest BCUT2D eigenvalue weighted by Gasteiger charge is 2.32. The van der Waals surface area contributed by atoms with E-state index < -0.39 is 0 Å². The van der Waals surface area contributed by atoms with Gasteiger partial charge in [-0.3, -0.25) is 4.79 Å². The average molecular weight is 359 g/mol. The summed E-state index contributed by atoms with van der Waals surface area (Å²) in [5.74, 6) is 1.11. The number of ether oxygens (including phenoxy) is 1. The van der Waals surface area contributed by atoms with Crippen LogP contribution in [0.15, 0.2) is 18.2 Å². The van der Waals surface area contributed by atoms with E-state index in [-0.39, 0.29) is 17.6 Å². The Hall–Kier alpha value is -2.28. The van der Waals surface area contributed by atoms with Gasteiger partial charge in [0.05, 0.1) is 12.0 Å². The van der Waals surface area contributed by atoms with Crippen molar-refractivity contribution in [2.75, 3.05) is 30.4 Å². The van der Waals surface area contributed by atoms with E-state index in [1.54, 1.807) is 17.4 Å². The first-order valence-corrected chi connectivity index (χ1v) is 9.40. The first-order chi connectivity index (χ1) is 12.2. The van der Waals surface area contributed by atoms with Gasteiger partial charge in [0.15, 0.2) is 16.6 Å². The van der Waals surface area contributed by atoms with E-state index in [2.05, 4.69) is 10.2 Å². The van der Waals surface area contributed by atoms with Crippen LogP contribution in [0.3, 0.4) is 0 Å². The number of rotatable bonds is 3. The summed E-state index contributed by atoms with van der Waals surface area (Å²) in [6.07, 6.45) is 4.03. The number of thiazole rings is 1. The molecule has 2 N–H and O–H groups in total. The summed E-state index contributed by atoms with van der Waals surface area (Å²) >= 11 is 1.66. The van der Waals surface area contributed by atoms with Crippen LogP contribution < -0.4 is 15.0 Å². The molecule has 1 amide bonds. The van der Waals surface area contributed by atoms with Gasteiger partial charge in [0, 0.05) is 25.4 Å². The molecule has 2 aromatic rings. The van der Waals surface area contributed by atoms with E-state index in [0.29, 0.717) is 18.0 Å². The fourth-order valence-electron chi connectivity index (χ4n) is 3.51. The molecule has 1 atom stereocenters. The molecule has 0 aliphatic carbocycles. The second kappa shape index (κ2) is 6.55. The van der Waals surface area contributed by atoms with Gasteiger partial charge in [-0.05, 0) is 37.0 Å². The maximum absolute atomic E-state index is 12.2. The number of hydrogen-bond donors (Lipinski definition) is 2. The number of carbonyl (C=O) groups is 1. The van der Waals surface area contributed by atoms with Crippen LogP contribution in [-0.4, -0.2) is 36.2 Å². The number of fused-ring (bicyclic) bond motifs is 1. The highest BCUT2D eigenvalue weighted by molar-refractivity contribution is 7.16. The van der Waals surface area contributed by atoms with Crippen LogP contribution in [-0.2, 0) is 4.79 Å². The zero-order valence-electron chi connectivity index (χ0n) is 14.1. The lowest BCUT2D eigenvalue weighted by atomic mass is 9.91. The van der Waals surface area contributed by atoms with Crippen LogP contribution >= 0.6 is 11.3 Å². The van der Waals surface area contributed by atoms with Crippen LogP contribution in [0.4, 0.5) is 10.9 Å². The highest BCUT2D eigenvalue weighted by atomic mass is 32.1. The van der Waals surface area contributed by atoms with Gasteiger partial charge in [-0.15, -0.1) is 0 Å². The summed E-state index contributed by atoms with van der Waals surface area (Å²) in [4.78, 5) is 20.3. The number of hydrogen-bond acceptors (Lipinski definition) is 6. The van der Waals surface area contributed by atoms with Crippen LogP contribution in [0.2, 0.25) is 0 Å². The number of amides is 1. The van der Waals surface area contributed by atoms with Crippen molar-refractivity contribution in [3.8, 4) is 11.5 Å². The molecule has 0 saturated carbocycles. The number of methoxy groups -OCH3 is 1. The van der Waals surface area contributed by atoms with E-state index in [4.69, 9.17) is 9.72 Å². The van der Waals surface area contributed by atoms with Crippen LogP contribution in [0, 0.1) is 0 Å². The topological polar surface area (TPSA) is 74.7 Å². The molecular formula is C18H21N3O3S. The number of piperidine rings is 1. The fraction of sp³-hybridized carbons (Fsp3) is 0.444. The standard InChI is InChI=1S/C18H21N3O3S/c1-24-14-9-11(5-6-13(14)22)12-10-15(23)19-17-16(12)25-18(20-17)21-7-3-2-4-8-21/h5-6,9,12,22H,2-4,7-8,10H2,1H3,(H,19,23). The average Bonchev–Trinajstić information content (AvgIpc) is 3.06. The lowest BCUT2D eigenvalue weighted by molar-refractivity contribution is -0.116. The lowest BCUT2D eigenvalue weighted by Gasteiger charge is -2.25. The maximum Gasteiger partial charge on any atom is 0.226 e. The Kier molecular flexibility index (Phi) is 4.25. The number of nitrogens with zero attached hydrogens (tertiary/aromatic N) is 2. The van der Waals surface area contributed by atoms with Crippen molar-refractivity contribution in [3.63, 3.8) is 0 Å². The number of nitrogens with one attached hydrogen (secondary N) is 1. The molecule has 0 radical (unpaired) electrons. The molecule has 0 spiro atoms. The van der Waals surface area contributed by atoms with Gasteiger partial charge in [0.25, 0.3) is 0 Å². The number of carbonyl (C=O) groups excluding carboxylic acids is 1. The second-order valence-electron chi connectivity index (χ2n) is 6.49. The third-order valence-corrected chi connectivity index (χ3v) is 6.07. The molecule has 2 aliphatic heterocycles. The van der Waals surface area contributed by atoms with Crippen molar-refractivity contribution in [1.29, 1.82) is 0 Å². The van der Waals surface area contributed by atoms with E-state index in [0.717, 1.165) is 28.7 Å². The molecule has 4 rings (SSSR count). The monoisotopic (exact) mass is 359 g/mol. The van der Waals surface area contributed by atoms with Gasteiger partial charge in [-0.1, -0.05) is 17.4 Å². The number of benzene rings is 1. The van der Waals surface area contributed by atoms with E-state index in [9.17, 15) is 9.90 Å². The predicted octanol–water partition coefficient (Wildman–Crippen LogP) is 3.32. The third kappa shape index (κ3) is 3.04. The molecule has 1 aromatic carbocycles. The largest absolute Gasteiger partial charge is 0.504 e. The number of phenols is 1. The molecule has 1 saturated heterocycles. The van der Waals surface area contributed by atoms with Crippen LogP contribution in [0.25, 0.3) is 0 Å². The van der Waals surface area contributed by atoms with Crippen LogP contribution in [0.1, 0.15) is 42.0 Å². The van der Waals surface area contributed by atoms with Crippen molar-refractivity contribution in [2.45, 2.75) is 31.6 Å². The molecule has 6 nitrogen and oxygen atoms in total. The summed E-state index contributed by atoms with van der Waals surface area (Å²) in [5, 5.41) is 13.7. The third-order valence-electron chi connectivity index (χ3n) is 4.84. The molecule has 1 unspecified atom stereocenters. The lowest BCUT2D eigenvalue weighted by Crippen LogP contribution is -2.29. The Balaban J connectivity index is 1.71. The van der Waals surface area contributed by atoms with Crippen molar-refractivity contribution >= 4 is 28.2 Å². The van der Waals surface area contributed by atoms with Gasteiger partial charge in [0.1, 0.15) is 5.82 Å². The highest BCUT2D eigenvalue weighted by Crippen LogP contribution is 2.44. The summed E-state index contributed by atoms with van der Waals surface area (Å²) in [6.45, 7) is 2.05. The summed E-state index contributed by atoms with van der Waals surface area (Å²) < 4.78 is 5.22. The van der Waals surface area contributed by atoms with Crippen molar-refractivity contribution < 1.29 is 14.6 Å². The minimum atomic E-state index is -0.0608. The zero-order chi connectivity index (χ0) is 17.4. The minimum absolute atomic E-state index is 0.0277. The molecule has 2 aliphatic rings. The SMILES string of the molecule is COc1cc(C2CC(=O)Nc3nc(N4CCCCC4)sc32)ccc1O. The Morgan fingerprint density at radius 1 is 1.32 bits per heavy atom. The summed E-state index contributed by atoms with van der Waals surface area (Å²) in [6, 6.07) is 5.28. The smallest absolute Gasteiger partial charge is 0.226 e. The summed E-state index contributed by atoms with van der Waals surface area (Å²) in [5.41, 5.74) is 0.958. The van der Waals surface area contributed by atoms with Gasteiger partial charge in [-0.2, -0.15) is 0 Å². The van der Waals surface area contributed by atoms with Gasteiger partial charge in [0.2, 0.25) is 5.91 Å². The maximum atomic E-state index is 12.2. The van der Waals surface area contributed by atoms with E-state index in [1.807, 2.05) is 12.1 Å². The molecule has 1 aromatic heterocycles. The Morgan fingerprint density at radius 2 is 2.12 bits per heavy atom. The minimum Gasteiger partial charge on any atom is -0.504 e. The predicted molar refractivity (Wildman–Crippen MR) is 97.9 cm³/mol. The number of aromatic nitrogens is 1. The number of phenolic OH excluding ortho intramolecular Hbond substituents is 1. The molecule has 25 heavy (non-hydrogen) atoms. The molecule has 7 heteroatoms. The first kappa shape index (κ1) is 16.2. The summed E-state index contributed by atoms with van der Waals surface area (Å²) in [7, 11) is 1.53. The Morgan fingerprint density at radius 3 is 2.88 bits per heavy atom. The number of aromatic hydroxyl groups is 1. The first-order valence-electron chi connectivity index (χ1n) is 8.58. The Bertz CT molecular complexity index is 799. The fourth-order valence-corrected chi connectivity index (χ4v) is 4.71. The van der Waals surface area contributed by atoms with Gasteiger partial charge < -0.3 is 20.1 Å². The molecule has 1 fully saturated rings. The van der Waals surface area contributed by atoms with Gasteiger partial charge in [-0.25, -0.2) is 4.98 Å². The quantitative estimate of drug-likeness (QED) is 0.879. The van der Waals surface area contributed by atoms with Crippen LogP contribution in [0.5, 0.6) is 11.5 Å². The van der Waals surface area contributed by atoms with Gasteiger partial charge >= 0.3 is 0 Å². The number of anilines is 2. The molecule has 132 valence electrons. The molecule has 3 heterocycles. The van der Waals surface area contributed by atoms with E-state index >= 15 is 0 Å². The van der Waals surface area contributed by atoms with E-state index in [1.165, 1.54) is 26.4 Å². The zero-order valence-corrected chi connectivity index (χ0v) is 14.9. The molecular weight excluding hydrogens is 338 g/mol. The second-order valence-corrected chi connectivity index (χ2v) is 7.50. The van der Waals surface area contributed by atoms with Crippen molar-refractivity contribution in [3.05, 3.63) is 28.6 Å². The Labute approximate surface area is 150 Å². The van der Waals surface area contributed by atoms with Crippen molar-refractivity contribution in [1.82, 2.24) is 4.98 Å².